The summed E-state index contributed by atoms with van der Waals surface area (Å²) in [5.74, 6) is -4.96. The van der Waals surface area contributed by atoms with Crippen molar-refractivity contribution in [3.63, 3.8) is 0 Å². The van der Waals surface area contributed by atoms with E-state index in [2.05, 4.69) is 4.74 Å². The van der Waals surface area contributed by atoms with E-state index in [9.17, 15) is 13.6 Å². The van der Waals surface area contributed by atoms with E-state index in [1.165, 1.54) is 6.92 Å². The maximum Gasteiger partial charge on any atom is 0.376 e. The molecular formula is C8H11F2NO2. The highest BCUT2D eigenvalue weighted by Gasteiger charge is 2.39. The quantitative estimate of drug-likeness (QED) is 0.492. The second kappa shape index (κ2) is 5.46. The van der Waals surface area contributed by atoms with Gasteiger partial charge >= 0.3 is 11.9 Å². The van der Waals surface area contributed by atoms with Crippen molar-refractivity contribution in [1.82, 2.24) is 0 Å². The van der Waals surface area contributed by atoms with Crippen LogP contribution in [0.2, 0.25) is 0 Å². The molecule has 5 heteroatoms. The zero-order valence-electron chi connectivity index (χ0n) is 7.35. The molecule has 0 radical (unpaired) electrons. The molecule has 0 bridgehead atoms. The summed E-state index contributed by atoms with van der Waals surface area (Å²) in [4.78, 5) is 10.6. The van der Waals surface area contributed by atoms with Crippen molar-refractivity contribution in [1.29, 1.82) is 5.26 Å². The van der Waals surface area contributed by atoms with Gasteiger partial charge in [0.05, 0.1) is 12.7 Å². The van der Waals surface area contributed by atoms with Crippen molar-refractivity contribution in [3.05, 3.63) is 0 Å². The lowest BCUT2D eigenvalue weighted by molar-refractivity contribution is -0.172. The standard InChI is InChI=1S/C8H11F2NO2/c1-2-13-7(12)8(9,10)5-3-4-6-11/h2-5H2,1H3. The molecule has 0 unspecified atom stereocenters. The van der Waals surface area contributed by atoms with Gasteiger partial charge in [0.15, 0.2) is 0 Å². The Morgan fingerprint density at radius 2 is 2.23 bits per heavy atom. The van der Waals surface area contributed by atoms with Crippen molar-refractivity contribution in [2.24, 2.45) is 0 Å². The minimum absolute atomic E-state index is 0.00230. The number of esters is 1. The minimum Gasteiger partial charge on any atom is -0.462 e. The highest BCUT2D eigenvalue weighted by Crippen LogP contribution is 2.22. The van der Waals surface area contributed by atoms with Crippen LogP contribution in [-0.2, 0) is 9.53 Å². The van der Waals surface area contributed by atoms with Crippen LogP contribution in [0.4, 0.5) is 8.78 Å². The molecule has 0 aliphatic heterocycles. The molecular weight excluding hydrogens is 180 g/mol. The summed E-state index contributed by atoms with van der Waals surface area (Å²) in [5, 5.41) is 8.09. The first-order valence-corrected chi connectivity index (χ1v) is 3.96. The Balaban J connectivity index is 3.92. The van der Waals surface area contributed by atoms with Gasteiger partial charge in [-0.2, -0.15) is 14.0 Å². The van der Waals surface area contributed by atoms with Gasteiger partial charge in [0.25, 0.3) is 0 Å². The van der Waals surface area contributed by atoms with Gasteiger partial charge in [0, 0.05) is 12.8 Å². The van der Waals surface area contributed by atoms with E-state index in [-0.39, 0.29) is 19.4 Å². The predicted octanol–water partition coefficient (Wildman–Crippen LogP) is 1.88. The summed E-state index contributed by atoms with van der Waals surface area (Å²) in [5.41, 5.74) is 0. The fourth-order valence-electron chi connectivity index (χ4n) is 0.728. The normalized spacial score (nSPS) is 10.6. The molecule has 0 rings (SSSR count). The lowest BCUT2D eigenvalue weighted by Crippen LogP contribution is -2.30. The number of ether oxygens (including phenoxy) is 1. The molecule has 0 aromatic rings. The molecule has 0 heterocycles. The van der Waals surface area contributed by atoms with E-state index < -0.39 is 18.3 Å². The fourth-order valence-corrected chi connectivity index (χ4v) is 0.728. The molecule has 0 aliphatic rings. The highest BCUT2D eigenvalue weighted by molar-refractivity contribution is 5.77. The number of hydrogen-bond acceptors (Lipinski definition) is 3. The summed E-state index contributed by atoms with van der Waals surface area (Å²) in [6.07, 6.45) is -0.600. The third-order valence-corrected chi connectivity index (χ3v) is 1.35. The first kappa shape index (κ1) is 11.8. The number of nitrogens with zero attached hydrogens (tertiary/aromatic N) is 1. The van der Waals surface area contributed by atoms with Gasteiger partial charge in [-0.25, -0.2) is 4.79 Å². The van der Waals surface area contributed by atoms with Gasteiger partial charge in [-0.3, -0.25) is 0 Å². The van der Waals surface area contributed by atoms with Crippen molar-refractivity contribution in [2.75, 3.05) is 6.61 Å². The van der Waals surface area contributed by atoms with Crippen LogP contribution in [0.25, 0.3) is 0 Å². The second-order valence-corrected chi connectivity index (χ2v) is 2.44. The Morgan fingerprint density at radius 3 is 2.69 bits per heavy atom. The maximum atomic E-state index is 12.7. The third-order valence-electron chi connectivity index (χ3n) is 1.35. The first-order valence-electron chi connectivity index (χ1n) is 3.96. The molecule has 3 nitrogen and oxygen atoms in total. The molecule has 0 fully saturated rings. The van der Waals surface area contributed by atoms with Gasteiger partial charge in [0.2, 0.25) is 0 Å². The largest absolute Gasteiger partial charge is 0.462 e. The van der Waals surface area contributed by atoms with E-state index in [1.807, 2.05) is 0 Å². The summed E-state index contributed by atoms with van der Waals surface area (Å²) in [6, 6.07) is 1.73. The van der Waals surface area contributed by atoms with Crippen LogP contribution in [0.1, 0.15) is 26.2 Å². The zero-order valence-corrected chi connectivity index (χ0v) is 7.35. The van der Waals surface area contributed by atoms with Gasteiger partial charge < -0.3 is 4.74 Å². The number of carbonyl (C=O) groups is 1. The van der Waals surface area contributed by atoms with Crippen LogP contribution in [0.5, 0.6) is 0 Å². The number of hydrogen-bond donors (Lipinski definition) is 0. The van der Waals surface area contributed by atoms with Crippen molar-refractivity contribution in [3.8, 4) is 6.07 Å². The Hall–Kier alpha value is -1.18. The molecule has 0 saturated carbocycles. The van der Waals surface area contributed by atoms with Crippen LogP contribution >= 0.6 is 0 Å². The lowest BCUT2D eigenvalue weighted by atomic mass is 10.1. The van der Waals surface area contributed by atoms with E-state index in [0.717, 1.165) is 0 Å². The van der Waals surface area contributed by atoms with E-state index >= 15 is 0 Å². The molecule has 0 saturated heterocycles. The van der Waals surface area contributed by atoms with Gasteiger partial charge in [0.1, 0.15) is 0 Å². The number of nitriles is 1. The molecule has 13 heavy (non-hydrogen) atoms. The van der Waals surface area contributed by atoms with Gasteiger partial charge in [-0.1, -0.05) is 0 Å². The SMILES string of the molecule is CCOC(=O)C(F)(F)CCCC#N. The number of unbranched alkanes of at least 4 members (excludes halogenated alkanes) is 1. The van der Waals surface area contributed by atoms with Crippen LogP contribution in [0.3, 0.4) is 0 Å². The number of halogens is 2. The summed E-state index contributed by atoms with van der Waals surface area (Å²) >= 11 is 0. The average molecular weight is 191 g/mol. The maximum absolute atomic E-state index is 12.7. The number of alkyl halides is 2. The molecule has 0 N–H and O–H groups in total. The fraction of sp³-hybridized carbons (Fsp3) is 0.750. The lowest BCUT2D eigenvalue weighted by Gasteiger charge is -2.13. The van der Waals surface area contributed by atoms with Crippen LogP contribution in [-0.4, -0.2) is 18.5 Å². The molecule has 0 spiro atoms. The zero-order chi connectivity index (χ0) is 10.3. The topological polar surface area (TPSA) is 50.1 Å². The first-order chi connectivity index (χ1) is 6.04. The second-order valence-electron chi connectivity index (χ2n) is 2.44. The molecule has 0 atom stereocenters. The number of rotatable bonds is 5. The Morgan fingerprint density at radius 1 is 1.62 bits per heavy atom. The molecule has 74 valence electrons. The highest BCUT2D eigenvalue weighted by atomic mass is 19.3. The molecule has 0 aliphatic carbocycles. The summed E-state index contributed by atoms with van der Waals surface area (Å²) in [6.45, 7) is 1.40. The Bertz CT molecular complexity index is 211. The van der Waals surface area contributed by atoms with E-state index in [4.69, 9.17) is 5.26 Å². The smallest absolute Gasteiger partial charge is 0.376 e. The predicted molar refractivity (Wildman–Crippen MR) is 41.0 cm³/mol. The average Bonchev–Trinajstić information content (AvgIpc) is 2.05. The van der Waals surface area contributed by atoms with Crippen LogP contribution in [0, 0.1) is 11.3 Å². The van der Waals surface area contributed by atoms with Crippen molar-refractivity contribution >= 4 is 5.97 Å². The van der Waals surface area contributed by atoms with E-state index in [0.29, 0.717) is 0 Å². The van der Waals surface area contributed by atoms with Crippen LogP contribution in [0.15, 0.2) is 0 Å². The number of carbonyl (C=O) groups excluding carboxylic acids is 1. The summed E-state index contributed by atoms with van der Waals surface area (Å²) in [7, 11) is 0. The molecule has 0 aromatic carbocycles. The summed E-state index contributed by atoms with van der Waals surface area (Å²) < 4.78 is 29.7. The van der Waals surface area contributed by atoms with Crippen molar-refractivity contribution in [2.45, 2.75) is 32.1 Å². The Labute approximate surface area is 75.3 Å². The third kappa shape index (κ3) is 4.41. The monoisotopic (exact) mass is 191 g/mol. The molecule has 0 amide bonds. The van der Waals surface area contributed by atoms with Crippen LogP contribution < -0.4 is 0 Å². The van der Waals surface area contributed by atoms with Crippen molar-refractivity contribution < 1.29 is 18.3 Å². The Kier molecular flexibility index (Phi) is 4.97. The van der Waals surface area contributed by atoms with E-state index in [1.54, 1.807) is 6.07 Å². The minimum atomic E-state index is -3.45. The van der Waals surface area contributed by atoms with Gasteiger partial charge in [-0.05, 0) is 13.3 Å². The molecule has 0 aromatic heterocycles. The van der Waals surface area contributed by atoms with Gasteiger partial charge in [-0.15, -0.1) is 0 Å².